The lowest BCUT2D eigenvalue weighted by atomic mass is 10.2. The van der Waals surface area contributed by atoms with Crippen LogP contribution in [0.5, 0.6) is 0 Å². The van der Waals surface area contributed by atoms with Gasteiger partial charge in [0.2, 0.25) is 5.56 Å². The van der Waals surface area contributed by atoms with Gasteiger partial charge in [0.05, 0.1) is 12.2 Å². The zero-order valence-corrected chi connectivity index (χ0v) is 10.7. The van der Waals surface area contributed by atoms with E-state index < -0.39 is 0 Å². The van der Waals surface area contributed by atoms with Crippen LogP contribution in [0.4, 0.5) is 0 Å². The zero-order valence-electron chi connectivity index (χ0n) is 10.7. The third-order valence-electron chi connectivity index (χ3n) is 2.77. The van der Waals surface area contributed by atoms with Crippen molar-refractivity contribution < 1.29 is 4.79 Å². The van der Waals surface area contributed by atoms with Crippen LogP contribution in [0.25, 0.3) is 0 Å². The molecule has 2 rings (SSSR count). The summed E-state index contributed by atoms with van der Waals surface area (Å²) in [4.78, 5) is 31.8. The van der Waals surface area contributed by atoms with E-state index in [0.29, 0.717) is 18.7 Å². The van der Waals surface area contributed by atoms with Gasteiger partial charge in [-0.25, -0.2) is 0 Å². The van der Waals surface area contributed by atoms with Crippen LogP contribution in [0.1, 0.15) is 23.0 Å². The van der Waals surface area contributed by atoms with Crippen molar-refractivity contribution in [2.24, 2.45) is 0 Å². The number of aromatic nitrogens is 2. The molecule has 0 aliphatic heterocycles. The summed E-state index contributed by atoms with van der Waals surface area (Å²) in [6, 6.07) is 8.49. The number of hydrogen-bond donors (Lipinski definition) is 1. The van der Waals surface area contributed by atoms with Crippen LogP contribution in [0, 0.1) is 0 Å². The normalized spacial score (nSPS) is 10.2. The lowest BCUT2D eigenvalue weighted by Gasteiger charge is -2.20. The van der Waals surface area contributed by atoms with Crippen molar-refractivity contribution in [2.45, 2.75) is 13.5 Å². The van der Waals surface area contributed by atoms with E-state index in [4.69, 9.17) is 0 Å². The Morgan fingerprint density at radius 3 is 2.84 bits per heavy atom. The number of H-pyrrole nitrogens is 1. The summed E-state index contributed by atoms with van der Waals surface area (Å²) in [7, 11) is 0. The minimum Gasteiger partial charge on any atom is -0.333 e. The molecule has 0 atom stereocenters. The predicted molar refractivity (Wildman–Crippen MR) is 71.7 cm³/mol. The fourth-order valence-electron chi connectivity index (χ4n) is 1.77. The molecule has 98 valence electrons. The maximum atomic E-state index is 12.3. The molecule has 0 unspecified atom stereocenters. The molecule has 2 heterocycles. The highest BCUT2D eigenvalue weighted by molar-refractivity contribution is 5.93. The van der Waals surface area contributed by atoms with Crippen molar-refractivity contribution in [3.8, 4) is 0 Å². The van der Waals surface area contributed by atoms with Gasteiger partial charge in [-0.1, -0.05) is 6.07 Å². The summed E-state index contributed by atoms with van der Waals surface area (Å²) in [5.74, 6) is -0.167. The van der Waals surface area contributed by atoms with E-state index >= 15 is 0 Å². The van der Waals surface area contributed by atoms with Crippen LogP contribution in [-0.4, -0.2) is 27.3 Å². The third-order valence-corrected chi connectivity index (χ3v) is 2.77. The number of nitrogens with zero attached hydrogens (tertiary/aromatic N) is 2. The summed E-state index contributed by atoms with van der Waals surface area (Å²) < 4.78 is 0. The summed E-state index contributed by atoms with van der Waals surface area (Å²) in [6.07, 6.45) is 3.17. The highest BCUT2D eigenvalue weighted by Gasteiger charge is 2.15. The monoisotopic (exact) mass is 257 g/mol. The first kappa shape index (κ1) is 13.0. The molecule has 5 nitrogen and oxygen atoms in total. The Bertz CT molecular complexity index is 607. The molecule has 0 saturated heterocycles. The van der Waals surface area contributed by atoms with Crippen LogP contribution in [0.15, 0.2) is 47.5 Å². The SMILES string of the molecule is CCN(Cc1ccccn1)C(=O)c1cc[nH]c(=O)c1. The molecule has 0 aliphatic carbocycles. The van der Waals surface area contributed by atoms with Crippen molar-refractivity contribution >= 4 is 5.91 Å². The number of pyridine rings is 2. The standard InChI is InChI=1S/C14H15N3O2/c1-2-17(10-12-5-3-4-7-15-12)14(19)11-6-8-16-13(18)9-11/h3-9H,2,10H2,1H3,(H,16,18). The van der Waals surface area contributed by atoms with Gasteiger partial charge in [-0.15, -0.1) is 0 Å². The molecule has 19 heavy (non-hydrogen) atoms. The summed E-state index contributed by atoms with van der Waals surface area (Å²) in [5.41, 5.74) is 0.934. The van der Waals surface area contributed by atoms with Gasteiger partial charge in [0, 0.05) is 30.6 Å². The van der Waals surface area contributed by atoms with E-state index in [1.165, 1.54) is 12.3 Å². The van der Waals surface area contributed by atoms with Gasteiger partial charge in [-0.2, -0.15) is 0 Å². The third kappa shape index (κ3) is 3.28. The van der Waals surface area contributed by atoms with Crippen LogP contribution < -0.4 is 5.56 Å². The van der Waals surface area contributed by atoms with Gasteiger partial charge in [-0.3, -0.25) is 14.6 Å². The lowest BCUT2D eigenvalue weighted by molar-refractivity contribution is 0.0750. The molecule has 0 bridgehead atoms. The number of hydrogen-bond acceptors (Lipinski definition) is 3. The number of nitrogens with one attached hydrogen (secondary N) is 1. The zero-order chi connectivity index (χ0) is 13.7. The van der Waals surface area contributed by atoms with Gasteiger partial charge in [0.15, 0.2) is 0 Å². The smallest absolute Gasteiger partial charge is 0.254 e. The minimum atomic E-state index is -0.278. The van der Waals surface area contributed by atoms with Crippen molar-refractivity contribution in [3.63, 3.8) is 0 Å². The fourth-order valence-corrected chi connectivity index (χ4v) is 1.77. The number of amides is 1. The summed E-state index contributed by atoms with van der Waals surface area (Å²) in [5, 5.41) is 0. The van der Waals surface area contributed by atoms with Crippen LogP contribution in [-0.2, 0) is 6.54 Å². The maximum absolute atomic E-state index is 12.3. The van der Waals surface area contributed by atoms with E-state index in [2.05, 4.69) is 9.97 Å². The lowest BCUT2D eigenvalue weighted by Crippen LogP contribution is -2.31. The Morgan fingerprint density at radius 2 is 2.21 bits per heavy atom. The fraction of sp³-hybridized carbons (Fsp3) is 0.214. The van der Waals surface area contributed by atoms with Crippen LogP contribution in [0.3, 0.4) is 0 Å². The second-order valence-corrected chi connectivity index (χ2v) is 4.08. The molecule has 1 N–H and O–H groups in total. The molecular formula is C14H15N3O2. The molecule has 0 spiro atoms. The Morgan fingerprint density at radius 1 is 1.37 bits per heavy atom. The Hall–Kier alpha value is -2.43. The van der Waals surface area contributed by atoms with Gasteiger partial charge in [-0.05, 0) is 25.1 Å². The van der Waals surface area contributed by atoms with E-state index in [9.17, 15) is 9.59 Å². The highest BCUT2D eigenvalue weighted by Crippen LogP contribution is 2.06. The number of rotatable bonds is 4. The Labute approximate surface area is 110 Å². The van der Waals surface area contributed by atoms with Crippen LogP contribution >= 0.6 is 0 Å². The molecule has 2 aromatic rings. The van der Waals surface area contributed by atoms with E-state index in [1.807, 2.05) is 25.1 Å². The molecule has 5 heteroatoms. The molecule has 0 radical (unpaired) electrons. The topological polar surface area (TPSA) is 66.1 Å². The first-order valence-electron chi connectivity index (χ1n) is 6.08. The Kier molecular flexibility index (Phi) is 4.07. The Balaban J connectivity index is 2.18. The van der Waals surface area contributed by atoms with Gasteiger partial charge >= 0.3 is 0 Å². The van der Waals surface area contributed by atoms with Crippen molar-refractivity contribution in [1.29, 1.82) is 0 Å². The quantitative estimate of drug-likeness (QED) is 0.901. The van der Waals surface area contributed by atoms with Crippen molar-refractivity contribution in [2.75, 3.05) is 6.54 Å². The van der Waals surface area contributed by atoms with Crippen molar-refractivity contribution in [3.05, 3.63) is 64.3 Å². The molecule has 0 aliphatic rings. The minimum absolute atomic E-state index is 0.167. The molecule has 0 saturated carbocycles. The maximum Gasteiger partial charge on any atom is 0.254 e. The largest absolute Gasteiger partial charge is 0.333 e. The van der Waals surface area contributed by atoms with E-state index in [-0.39, 0.29) is 11.5 Å². The van der Waals surface area contributed by atoms with Gasteiger partial charge in [0.1, 0.15) is 0 Å². The molecular weight excluding hydrogens is 242 g/mol. The summed E-state index contributed by atoms with van der Waals surface area (Å²) >= 11 is 0. The van der Waals surface area contributed by atoms with E-state index in [0.717, 1.165) is 5.69 Å². The predicted octanol–water partition coefficient (Wildman–Crippen LogP) is 1.43. The van der Waals surface area contributed by atoms with Gasteiger partial charge in [0.25, 0.3) is 5.91 Å². The second-order valence-electron chi connectivity index (χ2n) is 4.08. The first-order chi connectivity index (χ1) is 9.20. The van der Waals surface area contributed by atoms with Crippen LogP contribution in [0.2, 0.25) is 0 Å². The number of aromatic amines is 1. The molecule has 0 fully saturated rings. The average molecular weight is 257 g/mol. The highest BCUT2D eigenvalue weighted by atomic mass is 16.2. The number of carbonyl (C=O) groups excluding carboxylic acids is 1. The van der Waals surface area contributed by atoms with Crippen molar-refractivity contribution in [1.82, 2.24) is 14.9 Å². The summed E-state index contributed by atoms with van der Waals surface area (Å²) in [6.45, 7) is 2.89. The molecule has 2 aromatic heterocycles. The average Bonchev–Trinajstić information content (AvgIpc) is 2.45. The number of carbonyl (C=O) groups is 1. The first-order valence-corrected chi connectivity index (χ1v) is 6.08. The van der Waals surface area contributed by atoms with E-state index in [1.54, 1.807) is 17.2 Å². The molecule has 0 aromatic carbocycles. The molecule has 1 amide bonds. The second kappa shape index (κ2) is 5.95. The van der Waals surface area contributed by atoms with Gasteiger partial charge < -0.3 is 9.88 Å².